The van der Waals surface area contributed by atoms with Crippen LogP contribution in [0.5, 0.6) is 0 Å². The van der Waals surface area contributed by atoms with Gasteiger partial charge >= 0.3 is 5.97 Å². The van der Waals surface area contributed by atoms with E-state index in [0.29, 0.717) is 0 Å². The maximum atomic E-state index is 11.2. The average Bonchev–Trinajstić information content (AvgIpc) is 2.20. The van der Waals surface area contributed by atoms with E-state index in [0.717, 1.165) is 0 Å². The summed E-state index contributed by atoms with van der Waals surface area (Å²) in [5.41, 5.74) is -0.261. The van der Waals surface area contributed by atoms with Crippen molar-refractivity contribution in [2.45, 2.75) is 0 Å². The molecule has 2 N–H and O–H groups in total. The van der Waals surface area contributed by atoms with Crippen LogP contribution >= 0.6 is 11.6 Å². The molecule has 0 spiro atoms. The van der Waals surface area contributed by atoms with Gasteiger partial charge in [-0.3, -0.25) is 4.79 Å². The molecule has 5 nitrogen and oxygen atoms in total. The highest BCUT2D eigenvalue weighted by molar-refractivity contribution is 6.30. The van der Waals surface area contributed by atoms with E-state index in [1.165, 1.54) is 13.2 Å². The van der Waals surface area contributed by atoms with Crippen molar-refractivity contribution in [1.29, 1.82) is 0 Å². The number of carbonyl (C=O) groups excluding carboxylic acids is 1. The zero-order valence-electron chi connectivity index (χ0n) is 7.68. The molecule has 1 aromatic heterocycles. The first-order valence-corrected chi connectivity index (χ1v) is 4.16. The Morgan fingerprint density at radius 2 is 2.29 bits per heavy atom. The SMILES string of the molecule is CNc1[nH]c(=O)c(Cl)cc1C(=O)OC. The zero-order valence-corrected chi connectivity index (χ0v) is 8.44. The normalized spacial score (nSPS) is 9.64. The molecule has 1 rings (SSSR count). The van der Waals surface area contributed by atoms with Crippen molar-refractivity contribution in [3.63, 3.8) is 0 Å². The second-order valence-electron chi connectivity index (χ2n) is 2.48. The van der Waals surface area contributed by atoms with Crippen LogP contribution in [0.15, 0.2) is 10.9 Å². The number of aromatic nitrogens is 1. The Hall–Kier alpha value is -1.49. The number of carbonyl (C=O) groups is 1. The Balaban J connectivity index is 3.34. The molecule has 1 heterocycles. The number of aromatic amines is 1. The standard InChI is InChI=1S/C8H9ClN2O3/c1-10-6-4(8(13)14-2)3-5(9)7(12)11-6/h3H,1-2H3,(H2,10,11,12). The van der Waals surface area contributed by atoms with Gasteiger partial charge in [-0.15, -0.1) is 0 Å². The van der Waals surface area contributed by atoms with Crippen molar-refractivity contribution < 1.29 is 9.53 Å². The fraction of sp³-hybridized carbons (Fsp3) is 0.250. The summed E-state index contributed by atoms with van der Waals surface area (Å²) in [6, 6.07) is 1.26. The van der Waals surface area contributed by atoms with Crippen LogP contribution in [0.25, 0.3) is 0 Å². The highest BCUT2D eigenvalue weighted by Crippen LogP contribution is 2.14. The summed E-state index contributed by atoms with van der Waals surface area (Å²) in [7, 11) is 2.83. The fourth-order valence-electron chi connectivity index (χ4n) is 0.973. The Kier molecular flexibility index (Phi) is 3.14. The van der Waals surface area contributed by atoms with Gasteiger partial charge < -0.3 is 15.0 Å². The van der Waals surface area contributed by atoms with E-state index in [9.17, 15) is 9.59 Å². The first-order valence-electron chi connectivity index (χ1n) is 3.79. The summed E-state index contributed by atoms with van der Waals surface area (Å²) in [5.74, 6) is -0.279. The van der Waals surface area contributed by atoms with E-state index in [-0.39, 0.29) is 16.4 Å². The maximum absolute atomic E-state index is 11.2. The van der Waals surface area contributed by atoms with Gasteiger partial charge in [-0.1, -0.05) is 11.6 Å². The molecule has 0 aliphatic carbocycles. The molecule has 0 amide bonds. The lowest BCUT2D eigenvalue weighted by molar-refractivity contribution is 0.0601. The van der Waals surface area contributed by atoms with Gasteiger partial charge in [-0.2, -0.15) is 0 Å². The lowest BCUT2D eigenvalue weighted by Crippen LogP contribution is -2.15. The second kappa shape index (κ2) is 4.15. The van der Waals surface area contributed by atoms with Crippen LogP contribution < -0.4 is 10.9 Å². The minimum absolute atomic E-state index is 0.0515. The van der Waals surface area contributed by atoms with E-state index >= 15 is 0 Å². The number of halogens is 1. The van der Waals surface area contributed by atoms with Crippen molar-refractivity contribution >= 4 is 23.4 Å². The molecular weight excluding hydrogens is 208 g/mol. The average molecular weight is 217 g/mol. The number of hydrogen-bond acceptors (Lipinski definition) is 4. The molecule has 0 saturated heterocycles. The van der Waals surface area contributed by atoms with Crippen molar-refractivity contribution in [2.24, 2.45) is 0 Å². The number of methoxy groups -OCH3 is 1. The summed E-state index contributed by atoms with van der Waals surface area (Å²) in [5, 5.41) is 2.61. The van der Waals surface area contributed by atoms with Gasteiger partial charge in [0.05, 0.1) is 7.11 Å². The van der Waals surface area contributed by atoms with Crippen LogP contribution in [0.3, 0.4) is 0 Å². The van der Waals surface area contributed by atoms with E-state index in [4.69, 9.17) is 11.6 Å². The molecule has 0 bridgehead atoms. The van der Waals surface area contributed by atoms with Gasteiger partial charge in [0.1, 0.15) is 16.4 Å². The van der Waals surface area contributed by atoms with E-state index in [2.05, 4.69) is 15.0 Å². The smallest absolute Gasteiger partial charge is 0.341 e. The molecule has 1 aromatic rings. The summed E-state index contributed by atoms with van der Waals surface area (Å²) >= 11 is 5.56. The van der Waals surface area contributed by atoms with Crippen LogP contribution in [0, 0.1) is 0 Å². The summed E-state index contributed by atoms with van der Waals surface area (Å²) < 4.78 is 4.51. The van der Waals surface area contributed by atoms with Gasteiger partial charge in [0.15, 0.2) is 0 Å². The number of anilines is 1. The highest BCUT2D eigenvalue weighted by atomic mass is 35.5. The minimum atomic E-state index is -0.563. The van der Waals surface area contributed by atoms with E-state index < -0.39 is 11.5 Å². The Morgan fingerprint density at radius 3 is 2.79 bits per heavy atom. The summed E-state index contributed by atoms with van der Waals surface area (Å²) in [6.45, 7) is 0. The number of H-pyrrole nitrogens is 1. The monoisotopic (exact) mass is 216 g/mol. The van der Waals surface area contributed by atoms with Crippen molar-refractivity contribution in [3.8, 4) is 0 Å². The predicted octanol–water partition coefficient (Wildman–Crippen LogP) is 0.857. The van der Waals surface area contributed by atoms with Crippen LogP contribution in [0.2, 0.25) is 5.02 Å². The fourth-order valence-corrected chi connectivity index (χ4v) is 1.13. The zero-order chi connectivity index (χ0) is 10.7. The van der Waals surface area contributed by atoms with Gasteiger partial charge in [0.25, 0.3) is 5.56 Å². The number of rotatable bonds is 2. The predicted molar refractivity (Wildman–Crippen MR) is 53.0 cm³/mol. The quantitative estimate of drug-likeness (QED) is 0.720. The molecule has 0 fully saturated rings. The molecule has 0 atom stereocenters. The second-order valence-corrected chi connectivity index (χ2v) is 2.88. The third-order valence-electron chi connectivity index (χ3n) is 1.65. The number of hydrogen-bond donors (Lipinski definition) is 2. The molecule has 0 aliphatic heterocycles. The topological polar surface area (TPSA) is 71.2 Å². The van der Waals surface area contributed by atoms with Gasteiger partial charge in [0.2, 0.25) is 0 Å². The first-order chi connectivity index (χ1) is 6.60. The lowest BCUT2D eigenvalue weighted by Gasteiger charge is -2.06. The lowest BCUT2D eigenvalue weighted by atomic mass is 10.2. The van der Waals surface area contributed by atoms with Crippen molar-refractivity contribution in [1.82, 2.24) is 4.98 Å². The van der Waals surface area contributed by atoms with E-state index in [1.54, 1.807) is 7.05 Å². The molecule has 76 valence electrons. The molecule has 0 aliphatic rings. The molecule has 14 heavy (non-hydrogen) atoms. The van der Waals surface area contributed by atoms with Gasteiger partial charge in [-0.05, 0) is 6.07 Å². The van der Waals surface area contributed by atoms with Crippen LogP contribution in [0.1, 0.15) is 10.4 Å². The van der Waals surface area contributed by atoms with Crippen LogP contribution in [-0.2, 0) is 4.74 Å². The Labute approximate surface area is 85.0 Å². The number of nitrogens with one attached hydrogen (secondary N) is 2. The number of pyridine rings is 1. The molecule has 6 heteroatoms. The van der Waals surface area contributed by atoms with Crippen LogP contribution in [-0.4, -0.2) is 25.1 Å². The highest BCUT2D eigenvalue weighted by Gasteiger charge is 2.13. The largest absolute Gasteiger partial charge is 0.465 e. The Bertz CT molecular complexity index is 414. The minimum Gasteiger partial charge on any atom is -0.465 e. The number of esters is 1. The molecule has 0 saturated carbocycles. The first kappa shape index (κ1) is 10.6. The van der Waals surface area contributed by atoms with Crippen LogP contribution in [0.4, 0.5) is 5.82 Å². The number of ether oxygens (including phenoxy) is 1. The van der Waals surface area contributed by atoms with E-state index in [1.807, 2.05) is 0 Å². The third-order valence-corrected chi connectivity index (χ3v) is 1.93. The third kappa shape index (κ3) is 1.88. The van der Waals surface area contributed by atoms with Crippen molar-refractivity contribution in [2.75, 3.05) is 19.5 Å². The van der Waals surface area contributed by atoms with Crippen molar-refractivity contribution in [3.05, 3.63) is 27.0 Å². The molecule has 0 unspecified atom stereocenters. The molecule has 0 radical (unpaired) electrons. The summed E-state index contributed by atoms with van der Waals surface area (Å²) in [4.78, 5) is 24.7. The maximum Gasteiger partial charge on any atom is 0.341 e. The molecular formula is C8H9ClN2O3. The Morgan fingerprint density at radius 1 is 1.64 bits per heavy atom. The summed E-state index contributed by atoms with van der Waals surface area (Å²) in [6.07, 6.45) is 0. The van der Waals surface area contributed by atoms with Gasteiger partial charge in [-0.25, -0.2) is 4.79 Å². The molecule has 0 aromatic carbocycles. The van der Waals surface area contributed by atoms with Gasteiger partial charge in [0, 0.05) is 7.05 Å².